The normalized spacial score (nSPS) is 19.4. The number of hydrogen-bond donors (Lipinski definition) is 0. The molecule has 2 aromatic carbocycles. The maximum atomic E-state index is 13.5. The van der Waals surface area contributed by atoms with Gasteiger partial charge in [-0.1, -0.05) is 35.9 Å². The van der Waals surface area contributed by atoms with Gasteiger partial charge in [-0.25, -0.2) is 8.78 Å². The van der Waals surface area contributed by atoms with Gasteiger partial charge >= 0.3 is 0 Å². The van der Waals surface area contributed by atoms with Crippen LogP contribution in [0.1, 0.15) is 29.3 Å². The summed E-state index contributed by atoms with van der Waals surface area (Å²) >= 11 is 8.06. The predicted octanol–water partition coefficient (Wildman–Crippen LogP) is 4.86. The number of hydrogen-bond acceptors (Lipinski definition) is 3. The zero-order chi connectivity index (χ0) is 19.7. The second-order valence-electron chi connectivity index (χ2n) is 7.22. The molecule has 2 aliphatic rings. The first-order valence-corrected chi connectivity index (χ1v) is 10.8. The second kappa shape index (κ2) is 8.39. The minimum atomic E-state index is -0.853. The zero-order valence-corrected chi connectivity index (χ0v) is 16.9. The first-order valence-electron chi connectivity index (χ1n) is 9.36. The molecule has 4 rings (SSSR count). The number of carbonyl (C=O) groups is 1. The van der Waals surface area contributed by atoms with Crippen molar-refractivity contribution in [2.24, 2.45) is 0 Å². The lowest BCUT2D eigenvalue weighted by Gasteiger charge is -2.29. The number of rotatable bonds is 6. The maximum Gasteiger partial charge on any atom is 0.237 e. The number of amides is 1. The van der Waals surface area contributed by atoms with Gasteiger partial charge in [0.25, 0.3) is 0 Å². The van der Waals surface area contributed by atoms with Crippen molar-refractivity contribution < 1.29 is 13.6 Å². The van der Waals surface area contributed by atoms with E-state index in [-0.39, 0.29) is 17.8 Å². The average molecular weight is 423 g/mol. The molecule has 0 spiro atoms. The molecule has 1 aliphatic carbocycles. The van der Waals surface area contributed by atoms with Crippen LogP contribution in [0.15, 0.2) is 42.5 Å². The van der Waals surface area contributed by atoms with Gasteiger partial charge in [-0.05, 0) is 36.6 Å². The summed E-state index contributed by atoms with van der Waals surface area (Å²) in [4.78, 5) is 17.0. The van der Waals surface area contributed by atoms with Crippen LogP contribution in [0.4, 0.5) is 8.78 Å². The lowest BCUT2D eigenvalue weighted by molar-refractivity contribution is -0.132. The van der Waals surface area contributed by atoms with Crippen LogP contribution in [-0.2, 0) is 11.3 Å². The van der Waals surface area contributed by atoms with Crippen molar-refractivity contribution in [3.63, 3.8) is 0 Å². The molecule has 28 heavy (non-hydrogen) atoms. The summed E-state index contributed by atoms with van der Waals surface area (Å²) in [5.74, 6) is -0.790. The van der Waals surface area contributed by atoms with Gasteiger partial charge in [0.05, 0.1) is 6.54 Å². The Labute approximate surface area is 172 Å². The van der Waals surface area contributed by atoms with Gasteiger partial charge < -0.3 is 4.90 Å². The molecular weight excluding hydrogens is 402 g/mol. The van der Waals surface area contributed by atoms with Crippen molar-refractivity contribution in [1.29, 1.82) is 0 Å². The lowest BCUT2D eigenvalue weighted by Crippen LogP contribution is -2.40. The second-order valence-corrected chi connectivity index (χ2v) is 8.81. The molecule has 1 heterocycles. The quantitative estimate of drug-likeness (QED) is 0.664. The fourth-order valence-electron chi connectivity index (χ4n) is 3.55. The van der Waals surface area contributed by atoms with Gasteiger partial charge in [-0.2, -0.15) is 0 Å². The highest BCUT2D eigenvalue weighted by Gasteiger charge is 2.36. The van der Waals surface area contributed by atoms with Crippen molar-refractivity contribution in [2.45, 2.75) is 30.8 Å². The van der Waals surface area contributed by atoms with Crippen molar-refractivity contribution in [3.8, 4) is 0 Å². The van der Waals surface area contributed by atoms with Crippen LogP contribution in [0, 0.1) is 11.6 Å². The summed E-state index contributed by atoms with van der Waals surface area (Å²) in [6.07, 6.45) is 2.05. The molecule has 0 radical (unpaired) electrons. The molecule has 148 valence electrons. The van der Waals surface area contributed by atoms with Crippen molar-refractivity contribution in [2.75, 3.05) is 18.8 Å². The van der Waals surface area contributed by atoms with E-state index in [1.165, 1.54) is 6.07 Å². The van der Waals surface area contributed by atoms with Crippen LogP contribution in [-0.4, -0.2) is 40.6 Å². The van der Waals surface area contributed by atoms with Crippen LogP contribution in [0.5, 0.6) is 0 Å². The SMILES string of the molecule is O=C(CN(Cc1ccc(F)c(F)c1)C1CC1)N1CCSC1c1ccccc1Cl. The Morgan fingerprint density at radius 1 is 1.18 bits per heavy atom. The van der Waals surface area contributed by atoms with E-state index in [1.54, 1.807) is 17.8 Å². The van der Waals surface area contributed by atoms with E-state index in [0.717, 1.165) is 30.2 Å². The molecule has 1 aliphatic heterocycles. The molecule has 1 saturated heterocycles. The summed E-state index contributed by atoms with van der Waals surface area (Å²) in [5.41, 5.74) is 1.63. The fraction of sp³-hybridized carbons (Fsp3) is 0.381. The number of thioether (sulfide) groups is 1. The van der Waals surface area contributed by atoms with E-state index in [9.17, 15) is 13.6 Å². The first-order chi connectivity index (χ1) is 13.5. The summed E-state index contributed by atoms with van der Waals surface area (Å²) < 4.78 is 26.7. The van der Waals surface area contributed by atoms with Gasteiger partial charge in [0.2, 0.25) is 5.91 Å². The lowest BCUT2D eigenvalue weighted by atomic mass is 10.2. The van der Waals surface area contributed by atoms with Crippen molar-refractivity contribution >= 4 is 29.3 Å². The Hall–Kier alpha value is -1.63. The number of carbonyl (C=O) groups excluding carboxylic acids is 1. The molecule has 2 aromatic rings. The summed E-state index contributed by atoms with van der Waals surface area (Å²) in [5, 5.41) is 0.589. The minimum Gasteiger partial charge on any atom is -0.325 e. The Bertz CT molecular complexity index is 877. The standard InChI is InChI=1S/C21H21ClF2N2OS/c22-17-4-2-1-3-16(17)21-26(9-10-28-21)20(27)13-25(15-6-7-15)12-14-5-8-18(23)19(24)11-14/h1-5,8,11,15,21H,6-7,9-10,12-13H2. The van der Waals surface area contributed by atoms with Gasteiger partial charge in [-0.15, -0.1) is 11.8 Å². The third-order valence-corrected chi connectivity index (χ3v) is 6.74. The predicted molar refractivity (Wildman–Crippen MR) is 108 cm³/mol. The molecule has 1 saturated carbocycles. The molecule has 0 aromatic heterocycles. The van der Waals surface area contributed by atoms with E-state index in [4.69, 9.17) is 11.6 Å². The smallest absolute Gasteiger partial charge is 0.237 e. The van der Waals surface area contributed by atoms with E-state index in [2.05, 4.69) is 4.90 Å². The topological polar surface area (TPSA) is 23.6 Å². The number of benzene rings is 2. The van der Waals surface area contributed by atoms with E-state index in [1.807, 2.05) is 29.2 Å². The molecular formula is C21H21ClF2N2OS. The van der Waals surface area contributed by atoms with Gasteiger partial charge in [0, 0.05) is 35.5 Å². The van der Waals surface area contributed by atoms with Gasteiger partial charge in [0.15, 0.2) is 11.6 Å². The summed E-state index contributed by atoms with van der Waals surface area (Å²) in [6, 6.07) is 11.9. The minimum absolute atomic E-state index is 0.0457. The molecule has 1 unspecified atom stereocenters. The van der Waals surface area contributed by atoms with Crippen LogP contribution in [0.2, 0.25) is 5.02 Å². The highest BCUT2D eigenvalue weighted by molar-refractivity contribution is 7.99. The fourth-order valence-corrected chi connectivity index (χ4v) is 5.17. The van der Waals surface area contributed by atoms with Crippen LogP contribution < -0.4 is 0 Å². The summed E-state index contributed by atoms with van der Waals surface area (Å²) in [7, 11) is 0. The van der Waals surface area contributed by atoms with Crippen molar-refractivity contribution in [3.05, 3.63) is 70.2 Å². The number of nitrogens with zero attached hydrogens (tertiary/aromatic N) is 2. The summed E-state index contributed by atoms with van der Waals surface area (Å²) in [6.45, 7) is 1.39. The van der Waals surface area contributed by atoms with E-state index in [0.29, 0.717) is 29.7 Å². The first kappa shape index (κ1) is 19.7. The molecule has 0 bridgehead atoms. The highest BCUT2D eigenvalue weighted by Crippen LogP contribution is 2.41. The van der Waals surface area contributed by atoms with Crippen LogP contribution in [0.25, 0.3) is 0 Å². The third kappa shape index (κ3) is 4.34. The van der Waals surface area contributed by atoms with Gasteiger partial charge in [0.1, 0.15) is 5.37 Å². The van der Waals surface area contributed by atoms with Crippen LogP contribution in [0.3, 0.4) is 0 Å². The molecule has 3 nitrogen and oxygen atoms in total. The largest absolute Gasteiger partial charge is 0.325 e. The van der Waals surface area contributed by atoms with E-state index < -0.39 is 11.6 Å². The maximum absolute atomic E-state index is 13.5. The van der Waals surface area contributed by atoms with E-state index >= 15 is 0 Å². The Morgan fingerprint density at radius 3 is 2.68 bits per heavy atom. The monoisotopic (exact) mass is 422 g/mol. The molecule has 1 amide bonds. The molecule has 1 atom stereocenters. The Kier molecular flexibility index (Phi) is 5.90. The third-order valence-electron chi connectivity index (χ3n) is 5.15. The molecule has 2 fully saturated rings. The van der Waals surface area contributed by atoms with Gasteiger partial charge in [-0.3, -0.25) is 9.69 Å². The zero-order valence-electron chi connectivity index (χ0n) is 15.3. The average Bonchev–Trinajstić information content (AvgIpc) is 3.41. The molecule has 0 N–H and O–H groups in total. The highest BCUT2D eigenvalue weighted by atomic mass is 35.5. The number of halogens is 3. The Balaban J connectivity index is 1.47. The van der Waals surface area contributed by atoms with Crippen LogP contribution >= 0.6 is 23.4 Å². The Morgan fingerprint density at radius 2 is 1.96 bits per heavy atom. The molecule has 7 heteroatoms. The van der Waals surface area contributed by atoms with Crippen molar-refractivity contribution in [1.82, 2.24) is 9.80 Å².